The summed E-state index contributed by atoms with van der Waals surface area (Å²) in [4.78, 5) is 16.7. The number of carbonyl (C=O) groups excluding carboxylic acids is 1. The van der Waals surface area contributed by atoms with Gasteiger partial charge in [0.15, 0.2) is 0 Å². The van der Waals surface area contributed by atoms with Crippen molar-refractivity contribution < 1.29 is 23.9 Å². The molecule has 33 heavy (non-hydrogen) atoms. The first-order valence-electron chi connectivity index (χ1n) is 11.3. The number of pyridine rings is 1. The average Bonchev–Trinajstić information content (AvgIpc) is 2.83. The van der Waals surface area contributed by atoms with Gasteiger partial charge in [-0.1, -0.05) is 32.4 Å². The molecule has 7 nitrogen and oxygen atoms in total. The monoisotopic (exact) mass is 461 g/mol. The summed E-state index contributed by atoms with van der Waals surface area (Å²) in [7, 11) is 3.18. The van der Waals surface area contributed by atoms with E-state index in [1.54, 1.807) is 38.0 Å². The van der Waals surface area contributed by atoms with Gasteiger partial charge in [0.1, 0.15) is 11.6 Å². The molecule has 0 aliphatic heterocycles. The number of hydrogen-bond donors (Lipinski definition) is 3. The summed E-state index contributed by atoms with van der Waals surface area (Å²) in [6, 6.07) is 10.0. The van der Waals surface area contributed by atoms with Gasteiger partial charge in [-0.3, -0.25) is 15.0 Å². The topological polar surface area (TPSA) is 92.7 Å². The van der Waals surface area contributed by atoms with Gasteiger partial charge in [-0.15, -0.1) is 0 Å². The highest BCUT2D eigenvalue weighted by Gasteiger charge is 2.24. The summed E-state index contributed by atoms with van der Waals surface area (Å²) in [5, 5.41) is 12.7. The molecule has 3 N–H and O–H groups in total. The maximum absolute atomic E-state index is 13.2. The third kappa shape index (κ3) is 8.38. The number of halogens is 1. The van der Waals surface area contributed by atoms with E-state index in [9.17, 15) is 14.4 Å². The lowest BCUT2D eigenvalue weighted by Crippen LogP contribution is -2.30. The Hall–Kier alpha value is -2.55. The van der Waals surface area contributed by atoms with Gasteiger partial charge >= 0.3 is 0 Å². The van der Waals surface area contributed by atoms with E-state index in [0.29, 0.717) is 18.8 Å². The molecule has 8 heteroatoms. The number of methoxy groups -OCH3 is 2. The quantitative estimate of drug-likeness (QED) is 0.217. The molecule has 1 amide bonds. The first kappa shape index (κ1) is 26.7. The molecule has 0 aliphatic rings. The minimum Gasteiger partial charge on any atom is -0.495 e. The number of aromatic nitrogens is 1. The van der Waals surface area contributed by atoms with Crippen LogP contribution in [0.4, 0.5) is 4.39 Å². The lowest BCUT2D eigenvalue weighted by molar-refractivity contribution is -0.135. The van der Waals surface area contributed by atoms with Gasteiger partial charge in [0.2, 0.25) is 5.91 Å². The predicted molar refractivity (Wildman–Crippen MR) is 124 cm³/mol. The van der Waals surface area contributed by atoms with Crippen LogP contribution in [0.2, 0.25) is 0 Å². The Morgan fingerprint density at radius 1 is 1.12 bits per heavy atom. The molecule has 1 aromatic heterocycles. The number of nitrogens with zero attached hydrogens (tertiary/aromatic N) is 1. The van der Waals surface area contributed by atoms with Crippen molar-refractivity contribution in [3.05, 3.63) is 59.7 Å². The Morgan fingerprint density at radius 3 is 2.39 bits per heavy atom. The molecule has 1 heterocycles. The molecule has 0 bridgehead atoms. The summed E-state index contributed by atoms with van der Waals surface area (Å²) in [5.74, 6) is -0.0968. The molecule has 0 unspecified atom stereocenters. The SMILES string of the molecule is COc1ccc([C@H](NCCCC[C@@H](C[C@@H](OC)c2ccc(F)cc2)C(=O)NO)C(C)C)nc1. The van der Waals surface area contributed by atoms with E-state index in [1.165, 1.54) is 12.1 Å². The minimum atomic E-state index is -0.436. The number of hydroxylamine groups is 1. The van der Waals surface area contributed by atoms with E-state index >= 15 is 0 Å². The molecule has 0 spiro atoms. The van der Waals surface area contributed by atoms with Crippen LogP contribution in [0.25, 0.3) is 0 Å². The fraction of sp³-hybridized carbons (Fsp3) is 0.520. The number of rotatable bonds is 14. The van der Waals surface area contributed by atoms with Gasteiger partial charge in [0, 0.05) is 13.0 Å². The second kappa shape index (κ2) is 13.9. The minimum absolute atomic E-state index is 0.115. The fourth-order valence-electron chi connectivity index (χ4n) is 3.90. The van der Waals surface area contributed by atoms with Crippen LogP contribution in [0.3, 0.4) is 0 Å². The smallest absolute Gasteiger partial charge is 0.246 e. The van der Waals surface area contributed by atoms with Gasteiger partial charge in [-0.25, -0.2) is 9.87 Å². The van der Waals surface area contributed by atoms with E-state index in [-0.39, 0.29) is 18.0 Å². The van der Waals surface area contributed by atoms with Crippen molar-refractivity contribution in [1.29, 1.82) is 0 Å². The number of benzene rings is 1. The van der Waals surface area contributed by atoms with Gasteiger partial charge in [0.05, 0.1) is 31.1 Å². The van der Waals surface area contributed by atoms with Gasteiger partial charge in [-0.05, 0) is 61.6 Å². The van der Waals surface area contributed by atoms with Crippen LogP contribution in [0.1, 0.15) is 62.9 Å². The molecule has 0 aliphatic carbocycles. The summed E-state index contributed by atoms with van der Waals surface area (Å²) < 4.78 is 24.0. The Bertz CT molecular complexity index is 831. The average molecular weight is 462 g/mol. The molecule has 2 rings (SSSR count). The highest BCUT2D eigenvalue weighted by atomic mass is 19.1. The van der Waals surface area contributed by atoms with E-state index in [4.69, 9.17) is 9.47 Å². The Labute approximate surface area is 195 Å². The van der Waals surface area contributed by atoms with Crippen molar-refractivity contribution >= 4 is 5.91 Å². The molecule has 0 saturated heterocycles. The third-order valence-corrected chi connectivity index (χ3v) is 5.83. The first-order valence-corrected chi connectivity index (χ1v) is 11.3. The van der Waals surface area contributed by atoms with Crippen LogP contribution < -0.4 is 15.5 Å². The standard InChI is InChI=1S/C25H36FN3O4/c1-17(2)24(22-13-12-21(32-3)16-28-22)27-14-6-5-7-19(25(30)29-31)15-23(33-4)18-8-10-20(26)11-9-18/h8-13,16-17,19,23-24,27,31H,5-7,14-15H2,1-4H3,(H,29,30)/t19-,23+,24+/m0/s1. The van der Waals surface area contributed by atoms with Crippen LogP contribution in [-0.4, -0.2) is 36.9 Å². The molecule has 0 fully saturated rings. The summed E-state index contributed by atoms with van der Waals surface area (Å²) >= 11 is 0. The van der Waals surface area contributed by atoms with Gasteiger partial charge in [0.25, 0.3) is 0 Å². The maximum Gasteiger partial charge on any atom is 0.246 e. The van der Waals surface area contributed by atoms with Crippen molar-refractivity contribution in [3.63, 3.8) is 0 Å². The second-order valence-corrected chi connectivity index (χ2v) is 8.48. The third-order valence-electron chi connectivity index (χ3n) is 5.83. The summed E-state index contributed by atoms with van der Waals surface area (Å²) in [6.07, 6.45) is 4.01. The Balaban J connectivity index is 1.88. The first-order chi connectivity index (χ1) is 15.9. The van der Waals surface area contributed by atoms with Crippen LogP contribution >= 0.6 is 0 Å². The van der Waals surface area contributed by atoms with Crippen LogP contribution in [0.5, 0.6) is 5.75 Å². The van der Waals surface area contributed by atoms with E-state index in [1.807, 2.05) is 12.1 Å². The second-order valence-electron chi connectivity index (χ2n) is 8.48. The maximum atomic E-state index is 13.2. The van der Waals surface area contributed by atoms with Crippen LogP contribution in [0, 0.1) is 17.7 Å². The molecular weight excluding hydrogens is 425 g/mol. The Morgan fingerprint density at radius 2 is 1.85 bits per heavy atom. The summed E-state index contributed by atoms with van der Waals surface area (Å²) in [6.45, 7) is 5.06. The number of nitrogens with one attached hydrogen (secondary N) is 2. The normalized spacial score (nSPS) is 14.0. The molecule has 3 atom stereocenters. The number of unbranched alkanes of at least 4 members (excludes halogenated alkanes) is 1. The largest absolute Gasteiger partial charge is 0.495 e. The van der Waals surface area contributed by atoms with Gasteiger partial charge < -0.3 is 14.8 Å². The van der Waals surface area contributed by atoms with Crippen LogP contribution in [0.15, 0.2) is 42.6 Å². The van der Waals surface area contributed by atoms with Crippen molar-refractivity contribution in [2.75, 3.05) is 20.8 Å². The molecule has 0 saturated carbocycles. The lowest BCUT2D eigenvalue weighted by atomic mass is 9.91. The van der Waals surface area contributed by atoms with Crippen molar-refractivity contribution in [2.45, 2.75) is 51.7 Å². The van der Waals surface area contributed by atoms with E-state index in [0.717, 1.165) is 36.4 Å². The molecule has 0 radical (unpaired) electrons. The van der Waals surface area contributed by atoms with E-state index < -0.39 is 11.8 Å². The molecular formula is C25H36FN3O4. The number of carbonyl (C=O) groups is 1. The zero-order chi connectivity index (χ0) is 24.2. The Kier molecular flexibility index (Phi) is 11.2. The summed E-state index contributed by atoms with van der Waals surface area (Å²) in [5.41, 5.74) is 3.53. The van der Waals surface area contributed by atoms with Gasteiger partial charge in [-0.2, -0.15) is 0 Å². The predicted octanol–water partition coefficient (Wildman–Crippen LogP) is 4.59. The fourth-order valence-corrected chi connectivity index (χ4v) is 3.90. The zero-order valence-electron chi connectivity index (χ0n) is 19.9. The molecule has 2 aromatic rings. The number of amides is 1. The highest BCUT2D eigenvalue weighted by Crippen LogP contribution is 2.28. The van der Waals surface area contributed by atoms with Crippen molar-refractivity contribution in [2.24, 2.45) is 11.8 Å². The van der Waals surface area contributed by atoms with Crippen LogP contribution in [-0.2, 0) is 9.53 Å². The number of ether oxygens (including phenoxy) is 2. The van der Waals surface area contributed by atoms with Crippen molar-refractivity contribution in [3.8, 4) is 5.75 Å². The zero-order valence-corrected chi connectivity index (χ0v) is 19.9. The number of hydrogen-bond acceptors (Lipinski definition) is 6. The molecule has 182 valence electrons. The molecule has 1 aromatic carbocycles. The van der Waals surface area contributed by atoms with E-state index in [2.05, 4.69) is 24.1 Å². The lowest BCUT2D eigenvalue weighted by Gasteiger charge is -2.23. The van der Waals surface area contributed by atoms with Crippen molar-refractivity contribution in [1.82, 2.24) is 15.8 Å². The highest BCUT2D eigenvalue weighted by molar-refractivity contribution is 5.77.